The van der Waals surface area contributed by atoms with E-state index in [4.69, 9.17) is 0 Å². The lowest BCUT2D eigenvalue weighted by atomic mass is 10.1. The molecule has 6 heteroatoms. The molecule has 0 saturated heterocycles. The van der Waals surface area contributed by atoms with Crippen LogP contribution in [0, 0.1) is 23.0 Å². The summed E-state index contributed by atoms with van der Waals surface area (Å²) in [4.78, 5) is 22.2. The predicted octanol–water partition coefficient (Wildman–Crippen LogP) is 3.05. The van der Waals surface area contributed by atoms with Gasteiger partial charge in [-0.3, -0.25) is 14.9 Å². The fourth-order valence-electron chi connectivity index (χ4n) is 1.66. The van der Waals surface area contributed by atoms with E-state index in [9.17, 15) is 14.9 Å². The van der Waals surface area contributed by atoms with Crippen LogP contribution in [-0.4, -0.2) is 22.7 Å². The predicted molar refractivity (Wildman–Crippen MR) is 77.7 cm³/mol. The molecule has 1 amide bonds. The Hall–Kier alpha value is -1.43. The number of nitro groups is 1. The van der Waals surface area contributed by atoms with Crippen LogP contribution in [0.1, 0.15) is 29.3 Å². The number of nitro benzene ring substituents is 1. The van der Waals surface area contributed by atoms with Crippen LogP contribution < -0.4 is 5.32 Å². The van der Waals surface area contributed by atoms with Gasteiger partial charge in [0.1, 0.15) is 0 Å². The van der Waals surface area contributed by atoms with Crippen molar-refractivity contribution in [2.24, 2.45) is 5.92 Å². The number of nitrogens with zero attached hydrogens (tertiary/aromatic N) is 1. The quantitative estimate of drug-likeness (QED) is 0.495. The third-order valence-corrected chi connectivity index (χ3v) is 3.21. The van der Waals surface area contributed by atoms with Gasteiger partial charge in [0.05, 0.1) is 4.92 Å². The second kappa shape index (κ2) is 7.23. The van der Waals surface area contributed by atoms with Gasteiger partial charge in [0.15, 0.2) is 0 Å². The summed E-state index contributed by atoms with van der Waals surface area (Å²) in [7, 11) is 0. The van der Waals surface area contributed by atoms with Gasteiger partial charge in [0.25, 0.3) is 11.6 Å². The number of halogens is 1. The first-order chi connectivity index (χ1) is 8.93. The Labute approximate surface area is 120 Å². The smallest absolute Gasteiger partial charge is 0.270 e. The van der Waals surface area contributed by atoms with Gasteiger partial charge in [-0.15, -0.1) is 0 Å². The lowest BCUT2D eigenvalue weighted by Gasteiger charge is -2.11. The van der Waals surface area contributed by atoms with Gasteiger partial charge in [-0.2, -0.15) is 0 Å². The number of hydrogen-bond donors (Lipinski definition) is 1. The molecular formula is C13H17BrN2O3. The van der Waals surface area contributed by atoms with E-state index in [0.717, 1.165) is 11.8 Å². The van der Waals surface area contributed by atoms with E-state index in [1.807, 2.05) is 6.92 Å². The Morgan fingerprint density at radius 3 is 2.74 bits per heavy atom. The molecule has 0 radical (unpaired) electrons. The fourth-order valence-corrected chi connectivity index (χ4v) is 2.44. The second-order valence-corrected chi connectivity index (χ2v) is 5.40. The topological polar surface area (TPSA) is 72.2 Å². The van der Waals surface area contributed by atoms with Crippen LogP contribution in [0.25, 0.3) is 0 Å². The third-order valence-electron chi connectivity index (χ3n) is 2.75. The van der Waals surface area contributed by atoms with Crippen LogP contribution in [0.3, 0.4) is 0 Å². The Kier molecular flexibility index (Phi) is 5.95. The highest BCUT2D eigenvalue weighted by atomic mass is 79.9. The lowest BCUT2D eigenvalue weighted by molar-refractivity contribution is -0.384. The highest BCUT2D eigenvalue weighted by molar-refractivity contribution is 9.09. The molecule has 0 bridgehead atoms. The zero-order chi connectivity index (χ0) is 14.4. The van der Waals surface area contributed by atoms with E-state index in [0.29, 0.717) is 23.6 Å². The van der Waals surface area contributed by atoms with E-state index in [1.165, 1.54) is 12.1 Å². The second-order valence-electron chi connectivity index (χ2n) is 4.61. The molecule has 0 fully saturated rings. The molecule has 0 aliphatic carbocycles. The molecule has 1 atom stereocenters. The van der Waals surface area contributed by atoms with Crippen LogP contribution in [0.4, 0.5) is 5.69 Å². The van der Waals surface area contributed by atoms with Crippen LogP contribution in [0.15, 0.2) is 18.2 Å². The van der Waals surface area contributed by atoms with Gasteiger partial charge in [-0.05, 0) is 30.9 Å². The third kappa shape index (κ3) is 4.98. The maximum atomic E-state index is 11.9. The Morgan fingerprint density at radius 2 is 2.16 bits per heavy atom. The summed E-state index contributed by atoms with van der Waals surface area (Å²) in [6.45, 7) is 4.34. The Morgan fingerprint density at radius 1 is 1.47 bits per heavy atom. The molecule has 1 unspecified atom stereocenters. The Balaban J connectivity index is 2.74. The number of hydrogen-bond acceptors (Lipinski definition) is 3. The van der Waals surface area contributed by atoms with Crippen molar-refractivity contribution in [3.05, 3.63) is 39.4 Å². The molecule has 0 aromatic heterocycles. The van der Waals surface area contributed by atoms with Crippen molar-refractivity contribution in [2.45, 2.75) is 20.3 Å². The molecule has 0 spiro atoms. The summed E-state index contributed by atoms with van der Waals surface area (Å²) >= 11 is 3.35. The molecule has 1 N–H and O–H groups in total. The first-order valence-electron chi connectivity index (χ1n) is 6.04. The minimum Gasteiger partial charge on any atom is -0.352 e. The van der Waals surface area contributed by atoms with Crippen LogP contribution in [0.2, 0.25) is 0 Å². The molecule has 5 nitrogen and oxygen atoms in total. The van der Waals surface area contributed by atoms with Gasteiger partial charge < -0.3 is 5.32 Å². The highest BCUT2D eigenvalue weighted by Crippen LogP contribution is 2.16. The van der Waals surface area contributed by atoms with Crippen molar-refractivity contribution >= 4 is 27.5 Å². The van der Waals surface area contributed by atoms with E-state index in [-0.39, 0.29) is 11.6 Å². The standard InChI is InChI=1S/C13H17BrN2O3/c1-9(3-4-14)8-15-13(17)11-5-10(2)6-12(7-11)16(18)19/h5-7,9H,3-4,8H2,1-2H3,(H,15,17). The molecular weight excluding hydrogens is 312 g/mol. The molecule has 1 rings (SSSR count). The van der Waals surface area contributed by atoms with Crippen molar-refractivity contribution in [1.29, 1.82) is 0 Å². The molecule has 0 aliphatic rings. The van der Waals surface area contributed by atoms with Gasteiger partial charge >= 0.3 is 0 Å². The summed E-state index contributed by atoms with van der Waals surface area (Å²) in [6, 6.07) is 4.40. The van der Waals surface area contributed by atoms with Crippen LogP contribution in [0.5, 0.6) is 0 Å². The van der Waals surface area contributed by atoms with Gasteiger partial charge in [-0.1, -0.05) is 22.9 Å². The summed E-state index contributed by atoms with van der Waals surface area (Å²) in [5.74, 6) is 0.0938. The number of nitrogens with one attached hydrogen (secondary N) is 1. The number of carbonyl (C=O) groups is 1. The van der Waals surface area contributed by atoms with Crippen LogP contribution in [-0.2, 0) is 0 Å². The number of rotatable bonds is 6. The zero-order valence-electron chi connectivity index (χ0n) is 11.0. The van der Waals surface area contributed by atoms with Crippen molar-refractivity contribution in [3.8, 4) is 0 Å². The summed E-state index contributed by atoms with van der Waals surface area (Å²) in [6.07, 6.45) is 0.967. The maximum Gasteiger partial charge on any atom is 0.270 e. The minimum atomic E-state index is -0.489. The van der Waals surface area contributed by atoms with E-state index in [2.05, 4.69) is 21.2 Å². The molecule has 1 aromatic rings. The van der Waals surface area contributed by atoms with Crippen molar-refractivity contribution in [2.75, 3.05) is 11.9 Å². The molecule has 19 heavy (non-hydrogen) atoms. The molecule has 0 saturated carbocycles. The minimum absolute atomic E-state index is 0.0568. The maximum absolute atomic E-state index is 11.9. The van der Waals surface area contributed by atoms with E-state index < -0.39 is 4.92 Å². The monoisotopic (exact) mass is 328 g/mol. The van der Waals surface area contributed by atoms with Crippen LogP contribution >= 0.6 is 15.9 Å². The van der Waals surface area contributed by atoms with Gasteiger partial charge in [0, 0.05) is 29.6 Å². The van der Waals surface area contributed by atoms with Crippen molar-refractivity contribution in [1.82, 2.24) is 5.32 Å². The molecule has 0 aliphatic heterocycles. The van der Waals surface area contributed by atoms with Gasteiger partial charge in [0.2, 0.25) is 0 Å². The first-order valence-corrected chi connectivity index (χ1v) is 7.16. The lowest BCUT2D eigenvalue weighted by Crippen LogP contribution is -2.28. The van der Waals surface area contributed by atoms with Gasteiger partial charge in [-0.25, -0.2) is 0 Å². The summed E-state index contributed by atoms with van der Waals surface area (Å²) in [5.41, 5.74) is 0.976. The average Bonchev–Trinajstić information content (AvgIpc) is 2.35. The fraction of sp³-hybridized carbons (Fsp3) is 0.462. The average molecular weight is 329 g/mol. The SMILES string of the molecule is Cc1cc(C(=O)NCC(C)CCBr)cc([N+](=O)[O-])c1. The highest BCUT2D eigenvalue weighted by Gasteiger charge is 2.13. The van der Waals surface area contributed by atoms with Crippen molar-refractivity contribution < 1.29 is 9.72 Å². The number of benzene rings is 1. The molecule has 104 valence electrons. The van der Waals surface area contributed by atoms with E-state index in [1.54, 1.807) is 13.0 Å². The number of alkyl halides is 1. The van der Waals surface area contributed by atoms with E-state index >= 15 is 0 Å². The number of amides is 1. The molecule has 1 aromatic carbocycles. The largest absolute Gasteiger partial charge is 0.352 e. The Bertz CT molecular complexity index is 477. The van der Waals surface area contributed by atoms with Crippen molar-refractivity contribution in [3.63, 3.8) is 0 Å². The zero-order valence-corrected chi connectivity index (χ0v) is 12.6. The number of carbonyl (C=O) groups excluding carboxylic acids is 1. The number of non-ortho nitro benzene ring substituents is 1. The summed E-state index contributed by atoms with van der Waals surface area (Å²) < 4.78 is 0. The number of aryl methyl sites for hydroxylation is 1. The summed E-state index contributed by atoms with van der Waals surface area (Å²) in [5, 5.41) is 14.4. The first kappa shape index (κ1) is 15.6. The molecule has 0 heterocycles. The normalized spacial score (nSPS) is 11.9.